The van der Waals surface area contributed by atoms with E-state index in [0.717, 1.165) is 18.4 Å². The van der Waals surface area contributed by atoms with Gasteiger partial charge in [-0.2, -0.15) is 0 Å². The maximum atomic E-state index is 13.6. The van der Waals surface area contributed by atoms with E-state index < -0.39 is 5.97 Å². The molecule has 0 unspecified atom stereocenters. The van der Waals surface area contributed by atoms with Crippen molar-refractivity contribution in [1.82, 2.24) is 9.88 Å². The lowest BCUT2D eigenvalue weighted by atomic mass is 9.89. The van der Waals surface area contributed by atoms with E-state index in [0.29, 0.717) is 52.0 Å². The Balaban J connectivity index is 1.43. The predicted molar refractivity (Wildman–Crippen MR) is 140 cm³/mol. The Morgan fingerprint density at radius 2 is 1.86 bits per heavy atom. The number of halogens is 1. The van der Waals surface area contributed by atoms with Crippen LogP contribution in [0.2, 0.25) is 5.02 Å². The molecule has 0 aliphatic carbocycles. The molecule has 1 aliphatic rings. The molecule has 2 N–H and O–H groups in total. The summed E-state index contributed by atoms with van der Waals surface area (Å²) in [6.07, 6.45) is 3.31. The van der Waals surface area contributed by atoms with Crippen molar-refractivity contribution in [3.8, 4) is 0 Å². The third kappa shape index (κ3) is 4.88. The van der Waals surface area contributed by atoms with E-state index in [1.807, 2.05) is 35.2 Å². The first kappa shape index (κ1) is 23.3. The smallest absolute Gasteiger partial charge is 0.338 e. The second-order valence-corrected chi connectivity index (χ2v) is 9.96. The molecule has 6 nitrogen and oxygen atoms in total. The van der Waals surface area contributed by atoms with E-state index in [1.165, 1.54) is 23.1 Å². The number of fused-ring (bicyclic) bond motifs is 1. The highest BCUT2D eigenvalue weighted by molar-refractivity contribution is 7.18. The number of piperidine rings is 1. The van der Waals surface area contributed by atoms with Gasteiger partial charge in [-0.1, -0.05) is 54.1 Å². The number of hydrogen-bond donors (Lipinski definition) is 2. The molecule has 5 rings (SSSR count). The molecule has 3 heterocycles. The van der Waals surface area contributed by atoms with Crippen LogP contribution in [0.15, 0.2) is 66.2 Å². The number of nitrogens with one attached hydrogen (secondary N) is 1. The molecule has 178 valence electrons. The van der Waals surface area contributed by atoms with Crippen molar-refractivity contribution in [2.45, 2.75) is 25.3 Å². The van der Waals surface area contributed by atoms with Crippen LogP contribution in [0.5, 0.6) is 0 Å². The van der Waals surface area contributed by atoms with Gasteiger partial charge in [0.2, 0.25) is 0 Å². The Morgan fingerprint density at radius 3 is 2.57 bits per heavy atom. The predicted octanol–water partition coefficient (Wildman–Crippen LogP) is 6.28. The van der Waals surface area contributed by atoms with Crippen molar-refractivity contribution in [2.24, 2.45) is 0 Å². The number of carboxylic acids is 1. The first-order valence-electron chi connectivity index (χ1n) is 11.5. The molecular formula is C27H24ClN3O3S. The van der Waals surface area contributed by atoms with Crippen LogP contribution in [0, 0.1) is 0 Å². The summed E-state index contributed by atoms with van der Waals surface area (Å²) in [7, 11) is 0. The minimum atomic E-state index is -1.04. The number of aromatic carboxylic acids is 1. The van der Waals surface area contributed by atoms with Gasteiger partial charge in [0.25, 0.3) is 5.91 Å². The van der Waals surface area contributed by atoms with Crippen LogP contribution in [0.1, 0.15) is 50.6 Å². The fourth-order valence-corrected chi connectivity index (χ4v) is 5.85. The standard InChI is InChI=1S/C27H24ClN3O3S/c28-20-8-4-5-17(13-20)14-29-23-21(15-30-24-22(27(33)34)16-35-25(23)24)26(32)31-11-9-19(10-12-31)18-6-2-1-3-7-18/h1-8,13,15-16,19H,9-12,14H2,(H,29,30)(H,33,34). The number of amides is 1. The number of carbonyl (C=O) groups excluding carboxylic acids is 1. The van der Waals surface area contributed by atoms with Gasteiger partial charge in [0.15, 0.2) is 0 Å². The van der Waals surface area contributed by atoms with Gasteiger partial charge in [-0.25, -0.2) is 4.79 Å². The number of hydrogen-bond acceptors (Lipinski definition) is 5. The Bertz CT molecular complexity index is 1380. The summed E-state index contributed by atoms with van der Waals surface area (Å²) in [5.74, 6) is -0.687. The van der Waals surface area contributed by atoms with Gasteiger partial charge < -0.3 is 15.3 Å². The quantitative estimate of drug-likeness (QED) is 0.322. The Morgan fingerprint density at radius 1 is 1.09 bits per heavy atom. The van der Waals surface area contributed by atoms with Gasteiger partial charge in [-0.05, 0) is 42.0 Å². The largest absolute Gasteiger partial charge is 0.478 e. The average molecular weight is 506 g/mol. The summed E-state index contributed by atoms with van der Waals surface area (Å²) in [5.41, 5.74) is 3.86. The van der Waals surface area contributed by atoms with Crippen molar-refractivity contribution in [1.29, 1.82) is 0 Å². The van der Waals surface area contributed by atoms with E-state index in [-0.39, 0.29) is 11.5 Å². The van der Waals surface area contributed by atoms with Crippen LogP contribution in [0.4, 0.5) is 5.69 Å². The lowest BCUT2D eigenvalue weighted by Gasteiger charge is -2.32. The van der Waals surface area contributed by atoms with Crippen molar-refractivity contribution in [2.75, 3.05) is 18.4 Å². The lowest BCUT2D eigenvalue weighted by Crippen LogP contribution is -2.38. The van der Waals surface area contributed by atoms with Crippen LogP contribution in [-0.4, -0.2) is 40.0 Å². The molecule has 0 saturated carbocycles. The van der Waals surface area contributed by atoms with Gasteiger partial charge in [-0.15, -0.1) is 11.3 Å². The number of rotatable bonds is 6. The molecule has 0 radical (unpaired) electrons. The number of carbonyl (C=O) groups is 2. The second-order valence-electron chi connectivity index (χ2n) is 8.64. The maximum absolute atomic E-state index is 13.6. The zero-order chi connectivity index (χ0) is 24.4. The highest BCUT2D eigenvalue weighted by atomic mass is 35.5. The normalized spacial score (nSPS) is 14.3. The first-order chi connectivity index (χ1) is 17.0. The molecular weight excluding hydrogens is 482 g/mol. The van der Waals surface area contributed by atoms with Gasteiger partial charge in [0.1, 0.15) is 0 Å². The van der Waals surface area contributed by atoms with Crippen LogP contribution >= 0.6 is 22.9 Å². The molecule has 0 spiro atoms. The van der Waals surface area contributed by atoms with Gasteiger partial charge in [-0.3, -0.25) is 9.78 Å². The summed E-state index contributed by atoms with van der Waals surface area (Å²) in [6, 6.07) is 17.9. The summed E-state index contributed by atoms with van der Waals surface area (Å²) in [6.45, 7) is 1.76. The first-order valence-corrected chi connectivity index (χ1v) is 12.7. The van der Waals surface area contributed by atoms with Crippen molar-refractivity contribution < 1.29 is 14.7 Å². The third-order valence-corrected chi connectivity index (χ3v) is 7.68. The summed E-state index contributed by atoms with van der Waals surface area (Å²) >= 11 is 7.42. The van der Waals surface area contributed by atoms with Crippen molar-refractivity contribution >= 4 is 50.7 Å². The minimum absolute atomic E-state index is 0.0928. The van der Waals surface area contributed by atoms with E-state index in [9.17, 15) is 14.7 Å². The molecule has 4 aromatic rings. The molecule has 1 aliphatic heterocycles. The molecule has 0 bridgehead atoms. The molecule has 8 heteroatoms. The number of thiophene rings is 1. The van der Waals surface area contributed by atoms with Crippen molar-refractivity contribution in [3.05, 3.63) is 93.5 Å². The number of likely N-dealkylation sites (tertiary alicyclic amines) is 1. The maximum Gasteiger partial charge on any atom is 0.338 e. The van der Waals surface area contributed by atoms with Crippen LogP contribution in [-0.2, 0) is 6.54 Å². The van der Waals surface area contributed by atoms with Crippen LogP contribution < -0.4 is 5.32 Å². The molecule has 2 aromatic carbocycles. The number of nitrogens with zero attached hydrogens (tertiary/aromatic N) is 2. The van der Waals surface area contributed by atoms with E-state index in [2.05, 4.69) is 34.6 Å². The molecule has 1 amide bonds. The zero-order valence-corrected chi connectivity index (χ0v) is 20.5. The summed E-state index contributed by atoms with van der Waals surface area (Å²) in [5, 5.41) is 15.1. The van der Waals surface area contributed by atoms with Crippen molar-refractivity contribution in [3.63, 3.8) is 0 Å². The highest BCUT2D eigenvalue weighted by Gasteiger charge is 2.28. The van der Waals surface area contributed by atoms with Gasteiger partial charge >= 0.3 is 5.97 Å². The summed E-state index contributed by atoms with van der Waals surface area (Å²) < 4.78 is 0.662. The number of benzene rings is 2. The summed E-state index contributed by atoms with van der Waals surface area (Å²) in [4.78, 5) is 31.6. The molecule has 1 saturated heterocycles. The number of carboxylic acid groups (broad SMARTS) is 1. The monoisotopic (exact) mass is 505 g/mol. The Hall–Kier alpha value is -3.42. The number of anilines is 1. The van der Waals surface area contributed by atoms with E-state index in [4.69, 9.17) is 11.6 Å². The fraction of sp³-hybridized carbons (Fsp3) is 0.222. The third-order valence-electron chi connectivity index (χ3n) is 6.46. The molecule has 2 aromatic heterocycles. The average Bonchev–Trinajstić information content (AvgIpc) is 3.32. The Labute approximate surface area is 212 Å². The van der Waals surface area contributed by atoms with Gasteiger partial charge in [0, 0.05) is 36.2 Å². The van der Waals surface area contributed by atoms with Crippen LogP contribution in [0.25, 0.3) is 10.2 Å². The second kappa shape index (κ2) is 10.1. The Kier molecular flexibility index (Phi) is 6.70. The number of pyridine rings is 1. The van der Waals surface area contributed by atoms with E-state index >= 15 is 0 Å². The molecule has 0 atom stereocenters. The van der Waals surface area contributed by atoms with Gasteiger partial charge in [0.05, 0.1) is 27.0 Å². The molecule has 1 fully saturated rings. The zero-order valence-electron chi connectivity index (χ0n) is 18.9. The number of aromatic nitrogens is 1. The molecule has 35 heavy (non-hydrogen) atoms. The van der Waals surface area contributed by atoms with Crippen LogP contribution in [0.3, 0.4) is 0 Å². The fourth-order valence-electron chi connectivity index (χ4n) is 4.61. The topological polar surface area (TPSA) is 82.5 Å². The SMILES string of the molecule is O=C(O)c1csc2c(NCc3cccc(Cl)c3)c(C(=O)N3CCC(c4ccccc4)CC3)cnc12. The van der Waals surface area contributed by atoms with E-state index in [1.54, 1.807) is 5.38 Å². The highest BCUT2D eigenvalue weighted by Crippen LogP contribution is 2.36. The minimum Gasteiger partial charge on any atom is -0.478 e. The lowest BCUT2D eigenvalue weighted by molar-refractivity contribution is 0.0695.